The summed E-state index contributed by atoms with van der Waals surface area (Å²) in [6, 6.07) is 6.72. The largest absolute Gasteiger partial charge is 0.370 e. The maximum absolute atomic E-state index is 5.99. The first-order chi connectivity index (χ1) is 7.24. The van der Waals surface area contributed by atoms with Crippen molar-refractivity contribution in [2.45, 2.75) is 24.6 Å². The molecule has 80 valence electrons. The van der Waals surface area contributed by atoms with Gasteiger partial charge in [0.15, 0.2) is 0 Å². The lowest BCUT2D eigenvalue weighted by Gasteiger charge is -2.47. The molecule has 0 aromatic heterocycles. The van der Waals surface area contributed by atoms with Gasteiger partial charge in [0.2, 0.25) is 0 Å². The van der Waals surface area contributed by atoms with E-state index in [9.17, 15) is 0 Å². The minimum Gasteiger partial charge on any atom is -0.370 e. The van der Waals surface area contributed by atoms with Crippen LogP contribution in [0.1, 0.15) is 18.1 Å². The van der Waals surface area contributed by atoms with Crippen molar-refractivity contribution in [3.63, 3.8) is 0 Å². The molecule has 3 aliphatic rings. The van der Waals surface area contributed by atoms with E-state index in [-0.39, 0.29) is 6.10 Å². The SMILES string of the molecule is Clc1ccc(C2OCC3CC2N3)cc1Cl. The average Bonchev–Trinajstić information content (AvgIpc) is 2.21. The van der Waals surface area contributed by atoms with Gasteiger partial charge in [-0.25, -0.2) is 0 Å². The molecule has 0 amide bonds. The van der Waals surface area contributed by atoms with E-state index in [2.05, 4.69) is 5.32 Å². The summed E-state index contributed by atoms with van der Waals surface area (Å²) in [5.74, 6) is 0. The molecular weight excluding hydrogens is 233 g/mol. The lowest BCUT2D eigenvalue weighted by molar-refractivity contribution is -0.0850. The Morgan fingerprint density at radius 2 is 2.07 bits per heavy atom. The standard InChI is InChI=1S/C11H11Cl2NO/c12-8-2-1-6(3-9(8)13)11-10-4-7(14-10)5-15-11/h1-3,7,10-11,14H,4-5H2. The number of hydrogen-bond acceptors (Lipinski definition) is 2. The zero-order valence-electron chi connectivity index (χ0n) is 8.04. The highest BCUT2D eigenvalue weighted by atomic mass is 35.5. The van der Waals surface area contributed by atoms with Gasteiger partial charge in [0.05, 0.1) is 22.8 Å². The van der Waals surface area contributed by atoms with Crippen molar-refractivity contribution in [1.29, 1.82) is 0 Å². The van der Waals surface area contributed by atoms with E-state index in [1.165, 1.54) is 6.42 Å². The third kappa shape index (κ3) is 1.66. The van der Waals surface area contributed by atoms with Crippen LogP contribution in [-0.2, 0) is 4.74 Å². The van der Waals surface area contributed by atoms with Crippen LogP contribution in [0.25, 0.3) is 0 Å². The minimum absolute atomic E-state index is 0.129. The third-order valence-corrected chi connectivity index (χ3v) is 3.84. The molecule has 15 heavy (non-hydrogen) atoms. The number of nitrogens with one attached hydrogen (secondary N) is 1. The van der Waals surface area contributed by atoms with Gasteiger partial charge < -0.3 is 10.1 Å². The van der Waals surface area contributed by atoms with Crippen LogP contribution in [0.15, 0.2) is 18.2 Å². The Balaban J connectivity index is 1.88. The molecule has 4 rings (SSSR count). The fourth-order valence-electron chi connectivity index (χ4n) is 2.27. The molecule has 0 radical (unpaired) electrons. The van der Waals surface area contributed by atoms with Crippen LogP contribution >= 0.6 is 23.2 Å². The van der Waals surface area contributed by atoms with Crippen LogP contribution in [0.3, 0.4) is 0 Å². The van der Waals surface area contributed by atoms with Crippen molar-refractivity contribution < 1.29 is 4.74 Å². The number of benzene rings is 1. The third-order valence-electron chi connectivity index (χ3n) is 3.10. The minimum atomic E-state index is 0.129. The number of halogens is 2. The highest BCUT2D eigenvalue weighted by molar-refractivity contribution is 6.42. The van der Waals surface area contributed by atoms with E-state index in [0.29, 0.717) is 22.1 Å². The average molecular weight is 244 g/mol. The van der Waals surface area contributed by atoms with Crippen LogP contribution < -0.4 is 5.32 Å². The molecular formula is C11H11Cl2NO. The second-order valence-corrected chi connectivity index (χ2v) is 4.95. The van der Waals surface area contributed by atoms with E-state index in [1.54, 1.807) is 0 Å². The Morgan fingerprint density at radius 3 is 2.67 bits per heavy atom. The van der Waals surface area contributed by atoms with Crippen LogP contribution in [0.4, 0.5) is 0 Å². The number of rotatable bonds is 1. The van der Waals surface area contributed by atoms with E-state index in [1.807, 2.05) is 18.2 Å². The molecule has 3 aliphatic heterocycles. The zero-order chi connectivity index (χ0) is 10.4. The van der Waals surface area contributed by atoms with Gasteiger partial charge in [-0.05, 0) is 24.1 Å². The topological polar surface area (TPSA) is 21.3 Å². The molecule has 1 N–H and O–H groups in total. The summed E-state index contributed by atoms with van der Waals surface area (Å²) >= 11 is 11.9. The molecule has 0 aliphatic carbocycles. The van der Waals surface area contributed by atoms with E-state index in [4.69, 9.17) is 27.9 Å². The van der Waals surface area contributed by atoms with E-state index in [0.717, 1.165) is 12.2 Å². The van der Waals surface area contributed by atoms with Gasteiger partial charge in [0.1, 0.15) is 0 Å². The fraction of sp³-hybridized carbons (Fsp3) is 0.455. The summed E-state index contributed by atoms with van der Waals surface area (Å²) in [6.07, 6.45) is 1.33. The Hall–Kier alpha value is -0.280. The second-order valence-electron chi connectivity index (χ2n) is 4.13. The molecule has 3 atom stereocenters. The monoisotopic (exact) mass is 243 g/mol. The molecule has 1 aromatic carbocycles. The van der Waals surface area contributed by atoms with Crippen molar-refractivity contribution in [3.05, 3.63) is 33.8 Å². The first-order valence-corrected chi connectivity index (χ1v) is 5.82. The molecule has 2 bridgehead atoms. The van der Waals surface area contributed by atoms with Gasteiger partial charge in [-0.2, -0.15) is 0 Å². The Labute approximate surface area is 98.5 Å². The van der Waals surface area contributed by atoms with Gasteiger partial charge in [-0.3, -0.25) is 0 Å². The molecule has 1 aromatic rings. The Bertz CT molecular complexity index is 387. The van der Waals surface area contributed by atoms with Gasteiger partial charge in [0, 0.05) is 12.1 Å². The summed E-state index contributed by atoms with van der Waals surface area (Å²) < 4.78 is 5.76. The number of ether oxygens (including phenoxy) is 1. The molecule has 0 saturated carbocycles. The van der Waals surface area contributed by atoms with E-state index >= 15 is 0 Å². The molecule has 2 nitrogen and oxygen atoms in total. The van der Waals surface area contributed by atoms with Crippen LogP contribution in [0, 0.1) is 0 Å². The summed E-state index contributed by atoms with van der Waals surface area (Å²) in [4.78, 5) is 0. The normalized spacial score (nSPS) is 33.6. The van der Waals surface area contributed by atoms with Crippen molar-refractivity contribution in [2.75, 3.05) is 6.61 Å². The predicted octanol–water partition coefficient (Wildman–Crippen LogP) is 2.80. The maximum atomic E-state index is 5.99. The van der Waals surface area contributed by atoms with Crippen LogP contribution in [-0.4, -0.2) is 18.7 Å². The van der Waals surface area contributed by atoms with Crippen LogP contribution in [0.5, 0.6) is 0 Å². The summed E-state index contributed by atoms with van der Waals surface area (Å²) in [5.41, 5.74) is 1.11. The Morgan fingerprint density at radius 1 is 1.27 bits per heavy atom. The van der Waals surface area contributed by atoms with Gasteiger partial charge >= 0.3 is 0 Å². The first kappa shape index (κ1) is 9.91. The number of fused-ring (bicyclic) bond motifs is 2. The van der Waals surface area contributed by atoms with Gasteiger partial charge in [-0.1, -0.05) is 29.3 Å². The molecule has 3 unspecified atom stereocenters. The quantitative estimate of drug-likeness (QED) is 0.820. The zero-order valence-corrected chi connectivity index (χ0v) is 9.55. The van der Waals surface area contributed by atoms with Gasteiger partial charge in [-0.15, -0.1) is 0 Å². The molecule has 4 heteroatoms. The lowest BCUT2D eigenvalue weighted by atomic mass is 9.86. The predicted molar refractivity (Wildman–Crippen MR) is 60.5 cm³/mol. The van der Waals surface area contributed by atoms with E-state index < -0.39 is 0 Å². The smallest absolute Gasteiger partial charge is 0.0979 e. The second kappa shape index (κ2) is 3.63. The van der Waals surface area contributed by atoms with Crippen molar-refractivity contribution in [2.24, 2.45) is 0 Å². The van der Waals surface area contributed by atoms with Crippen LogP contribution in [0.2, 0.25) is 10.0 Å². The lowest BCUT2D eigenvalue weighted by Crippen LogP contribution is -2.62. The maximum Gasteiger partial charge on any atom is 0.0979 e. The first-order valence-electron chi connectivity index (χ1n) is 5.06. The molecule has 3 heterocycles. The summed E-state index contributed by atoms with van der Waals surface area (Å²) in [7, 11) is 0. The highest BCUT2D eigenvalue weighted by Gasteiger charge is 2.41. The summed E-state index contributed by atoms with van der Waals surface area (Å²) in [6.45, 7) is 0.793. The van der Waals surface area contributed by atoms with Crippen molar-refractivity contribution >= 4 is 23.2 Å². The summed E-state index contributed by atoms with van der Waals surface area (Å²) in [5, 5.41) is 4.65. The number of morpholine rings is 1. The van der Waals surface area contributed by atoms with Crippen molar-refractivity contribution in [3.8, 4) is 0 Å². The molecule has 0 spiro atoms. The molecule has 3 saturated heterocycles. The number of hydrogen-bond donors (Lipinski definition) is 1. The molecule has 3 fully saturated rings. The fourth-order valence-corrected chi connectivity index (χ4v) is 2.57. The Kier molecular flexibility index (Phi) is 2.40. The van der Waals surface area contributed by atoms with Crippen molar-refractivity contribution in [1.82, 2.24) is 5.32 Å². The van der Waals surface area contributed by atoms with Gasteiger partial charge in [0.25, 0.3) is 0 Å². The highest BCUT2D eigenvalue weighted by Crippen LogP contribution is 2.36.